The van der Waals surface area contributed by atoms with Gasteiger partial charge in [-0.2, -0.15) is 0 Å². The number of hydrogen-bond acceptors (Lipinski definition) is 4. The van der Waals surface area contributed by atoms with Crippen LogP contribution in [-0.2, 0) is 7.05 Å². The van der Waals surface area contributed by atoms with Gasteiger partial charge in [0, 0.05) is 19.3 Å². The molecule has 0 unspecified atom stereocenters. The minimum Gasteiger partial charge on any atom is -0.493 e. The van der Waals surface area contributed by atoms with Gasteiger partial charge >= 0.3 is 0 Å². The molecule has 0 fully saturated rings. The molecule has 116 valence electrons. The van der Waals surface area contributed by atoms with Crippen molar-refractivity contribution in [3.05, 3.63) is 51.9 Å². The molecule has 0 radical (unpaired) electrons. The van der Waals surface area contributed by atoms with Gasteiger partial charge in [0.05, 0.1) is 21.3 Å². The lowest BCUT2D eigenvalue weighted by atomic mass is 10.1. The molecule has 0 saturated heterocycles. The molecule has 22 heavy (non-hydrogen) atoms. The lowest BCUT2D eigenvalue weighted by Crippen LogP contribution is -2.14. The second-order valence-corrected chi connectivity index (χ2v) is 4.70. The van der Waals surface area contributed by atoms with Crippen molar-refractivity contribution >= 4 is 12.2 Å². The maximum atomic E-state index is 11.6. The molecule has 0 spiro atoms. The van der Waals surface area contributed by atoms with Crippen LogP contribution in [0.5, 0.6) is 17.2 Å². The van der Waals surface area contributed by atoms with Gasteiger partial charge < -0.3 is 18.8 Å². The van der Waals surface area contributed by atoms with Gasteiger partial charge in [-0.15, -0.1) is 0 Å². The average molecular weight is 301 g/mol. The van der Waals surface area contributed by atoms with Crippen molar-refractivity contribution in [3.8, 4) is 17.2 Å². The number of methoxy groups -OCH3 is 3. The van der Waals surface area contributed by atoms with Gasteiger partial charge in [0.25, 0.3) is 5.56 Å². The SMILES string of the molecule is COc1cc(/C=C\c2ccn(C)c(=O)c2)cc(OC)c1OC. The molecule has 0 aliphatic heterocycles. The van der Waals surface area contributed by atoms with Crippen molar-refractivity contribution in [1.82, 2.24) is 4.57 Å². The Morgan fingerprint density at radius 3 is 2.00 bits per heavy atom. The molecular weight excluding hydrogens is 282 g/mol. The van der Waals surface area contributed by atoms with E-state index in [0.29, 0.717) is 17.2 Å². The van der Waals surface area contributed by atoms with Crippen LogP contribution in [0.25, 0.3) is 12.2 Å². The van der Waals surface area contributed by atoms with Crippen molar-refractivity contribution < 1.29 is 14.2 Å². The van der Waals surface area contributed by atoms with Crippen LogP contribution in [0, 0.1) is 0 Å². The number of aromatic nitrogens is 1. The Bertz CT molecular complexity index is 722. The fourth-order valence-corrected chi connectivity index (χ4v) is 2.06. The van der Waals surface area contributed by atoms with Gasteiger partial charge in [-0.25, -0.2) is 0 Å². The number of rotatable bonds is 5. The third kappa shape index (κ3) is 3.31. The monoisotopic (exact) mass is 301 g/mol. The average Bonchev–Trinajstić information content (AvgIpc) is 2.54. The second-order valence-electron chi connectivity index (χ2n) is 4.70. The van der Waals surface area contributed by atoms with E-state index in [1.165, 1.54) is 4.57 Å². The lowest BCUT2D eigenvalue weighted by molar-refractivity contribution is 0.324. The molecule has 1 heterocycles. The summed E-state index contributed by atoms with van der Waals surface area (Å²) in [6, 6.07) is 7.14. The van der Waals surface area contributed by atoms with E-state index in [4.69, 9.17) is 14.2 Å². The van der Waals surface area contributed by atoms with Crippen molar-refractivity contribution in [1.29, 1.82) is 0 Å². The van der Waals surface area contributed by atoms with Gasteiger partial charge in [-0.3, -0.25) is 4.79 Å². The Hall–Kier alpha value is -2.69. The summed E-state index contributed by atoms with van der Waals surface area (Å²) in [5, 5.41) is 0. The number of ether oxygens (including phenoxy) is 3. The Morgan fingerprint density at radius 1 is 0.909 bits per heavy atom. The summed E-state index contributed by atoms with van der Waals surface area (Å²) in [6.07, 6.45) is 5.48. The molecule has 0 aliphatic carbocycles. The van der Waals surface area contributed by atoms with E-state index < -0.39 is 0 Å². The van der Waals surface area contributed by atoms with Crippen LogP contribution in [0.2, 0.25) is 0 Å². The first-order valence-electron chi connectivity index (χ1n) is 6.74. The minimum atomic E-state index is -0.0490. The van der Waals surface area contributed by atoms with Crippen LogP contribution in [0.1, 0.15) is 11.1 Å². The zero-order valence-corrected chi connectivity index (χ0v) is 13.1. The van der Waals surface area contributed by atoms with Crippen molar-refractivity contribution in [3.63, 3.8) is 0 Å². The number of hydrogen-bond donors (Lipinski definition) is 0. The molecule has 5 heteroatoms. The zero-order valence-electron chi connectivity index (χ0n) is 13.1. The first kappa shape index (κ1) is 15.7. The zero-order chi connectivity index (χ0) is 16.1. The minimum absolute atomic E-state index is 0.0490. The Labute approximate surface area is 129 Å². The van der Waals surface area contributed by atoms with Gasteiger partial charge in [0.2, 0.25) is 5.75 Å². The van der Waals surface area contributed by atoms with Gasteiger partial charge in [-0.05, 0) is 29.3 Å². The molecule has 0 atom stereocenters. The van der Waals surface area contributed by atoms with Crippen LogP contribution in [0.3, 0.4) is 0 Å². The highest BCUT2D eigenvalue weighted by Crippen LogP contribution is 2.38. The highest BCUT2D eigenvalue weighted by molar-refractivity contribution is 5.72. The van der Waals surface area contributed by atoms with Gasteiger partial charge in [0.15, 0.2) is 11.5 Å². The van der Waals surface area contributed by atoms with Crippen LogP contribution < -0.4 is 19.8 Å². The highest BCUT2D eigenvalue weighted by Gasteiger charge is 2.11. The molecule has 0 saturated carbocycles. The van der Waals surface area contributed by atoms with Crippen molar-refractivity contribution in [2.24, 2.45) is 7.05 Å². The lowest BCUT2D eigenvalue weighted by Gasteiger charge is -2.12. The fourth-order valence-electron chi connectivity index (χ4n) is 2.06. The standard InChI is InChI=1S/C17H19NO4/c1-18-8-7-12(11-16(18)19)5-6-13-9-14(20-2)17(22-4)15(10-13)21-3/h5-11H,1-4H3/b6-5-. The molecule has 1 aromatic carbocycles. The Morgan fingerprint density at radius 2 is 1.50 bits per heavy atom. The maximum absolute atomic E-state index is 11.6. The van der Waals surface area contributed by atoms with Crippen LogP contribution in [-0.4, -0.2) is 25.9 Å². The third-order valence-electron chi connectivity index (χ3n) is 3.28. The van der Waals surface area contributed by atoms with E-state index in [0.717, 1.165) is 11.1 Å². The van der Waals surface area contributed by atoms with E-state index in [-0.39, 0.29) is 5.56 Å². The molecule has 0 aliphatic rings. The highest BCUT2D eigenvalue weighted by atomic mass is 16.5. The van der Waals surface area contributed by atoms with Crippen LogP contribution in [0.4, 0.5) is 0 Å². The van der Waals surface area contributed by atoms with Crippen molar-refractivity contribution in [2.75, 3.05) is 21.3 Å². The van der Waals surface area contributed by atoms with E-state index in [1.807, 2.05) is 30.4 Å². The first-order valence-corrected chi connectivity index (χ1v) is 6.74. The number of benzene rings is 1. The quantitative estimate of drug-likeness (QED) is 0.851. The normalized spacial score (nSPS) is 10.7. The fraction of sp³-hybridized carbons (Fsp3) is 0.235. The summed E-state index contributed by atoms with van der Waals surface area (Å²) in [5.74, 6) is 1.73. The summed E-state index contributed by atoms with van der Waals surface area (Å²) >= 11 is 0. The molecule has 0 N–H and O–H groups in total. The molecule has 1 aromatic heterocycles. The molecule has 0 amide bonds. The topological polar surface area (TPSA) is 49.7 Å². The third-order valence-corrected chi connectivity index (χ3v) is 3.28. The summed E-state index contributed by atoms with van der Waals surface area (Å²) in [6.45, 7) is 0. The number of aryl methyl sites for hydroxylation is 1. The molecule has 2 aromatic rings. The van der Waals surface area contributed by atoms with E-state index in [2.05, 4.69) is 0 Å². The summed E-state index contributed by atoms with van der Waals surface area (Å²) in [5.41, 5.74) is 1.67. The molecule has 2 rings (SSSR count). The number of nitrogens with zero attached hydrogens (tertiary/aromatic N) is 1. The van der Waals surface area contributed by atoms with Gasteiger partial charge in [0.1, 0.15) is 0 Å². The van der Waals surface area contributed by atoms with Gasteiger partial charge in [-0.1, -0.05) is 12.2 Å². The second kappa shape index (κ2) is 6.85. The van der Waals surface area contributed by atoms with E-state index in [9.17, 15) is 4.79 Å². The summed E-state index contributed by atoms with van der Waals surface area (Å²) < 4.78 is 17.4. The Kier molecular flexibility index (Phi) is 4.88. The first-order chi connectivity index (χ1) is 10.6. The molecular formula is C17H19NO4. The predicted molar refractivity (Wildman–Crippen MR) is 86.7 cm³/mol. The molecule has 5 nitrogen and oxygen atoms in total. The largest absolute Gasteiger partial charge is 0.493 e. The summed E-state index contributed by atoms with van der Waals surface area (Å²) in [4.78, 5) is 11.6. The van der Waals surface area contributed by atoms with Crippen LogP contribution in [0.15, 0.2) is 35.3 Å². The van der Waals surface area contributed by atoms with Crippen molar-refractivity contribution in [2.45, 2.75) is 0 Å². The van der Waals surface area contributed by atoms with E-state index >= 15 is 0 Å². The smallest absolute Gasteiger partial charge is 0.250 e. The maximum Gasteiger partial charge on any atom is 0.250 e. The van der Waals surface area contributed by atoms with E-state index in [1.54, 1.807) is 40.6 Å². The molecule has 0 bridgehead atoms. The summed E-state index contributed by atoms with van der Waals surface area (Å²) in [7, 11) is 6.43. The predicted octanol–water partition coefficient (Wildman–Crippen LogP) is 2.58. The van der Waals surface area contributed by atoms with Crippen LogP contribution >= 0.6 is 0 Å². The Balaban J connectivity index is 2.38. The number of pyridine rings is 1.